The van der Waals surface area contributed by atoms with E-state index in [4.69, 9.17) is 10.3 Å². The van der Waals surface area contributed by atoms with E-state index in [-0.39, 0.29) is 5.91 Å². The summed E-state index contributed by atoms with van der Waals surface area (Å²) in [6.07, 6.45) is 5.37. The van der Waals surface area contributed by atoms with E-state index >= 15 is 0 Å². The smallest absolute Gasteiger partial charge is 0.224 e. The van der Waals surface area contributed by atoms with E-state index in [2.05, 4.69) is 10.5 Å². The Kier molecular flexibility index (Phi) is 6.43. The second-order valence-corrected chi connectivity index (χ2v) is 4.42. The SMILES string of the molecule is CCc1noc(C)c1NC(=O)CCCCCCN. The molecule has 0 unspecified atom stereocenters. The number of amides is 1. The molecule has 1 aromatic heterocycles. The molecule has 1 heterocycles. The third-order valence-corrected chi connectivity index (χ3v) is 2.89. The zero-order valence-corrected chi connectivity index (χ0v) is 11.3. The first-order valence-corrected chi connectivity index (χ1v) is 6.64. The standard InChI is InChI=1S/C13H23N3O2/c1-3-11-13(10(2)18-16-11)15-12(17)8-6-4-5-7-9-14/h3-9,14H2,1-2H3,(H,15,17). The fourth-order valence-corrected chi connectivity index (χ4v) is 1.80. The van der Waals surface area contributed by atoms with Crippen molar-refractivity contribution in [3.05, 3.63) is 11.5 Å². The van der Waals surface area contributed by atoms with Crippen LogP contribution in [0.5, 0.6) is 0 Å². The van der Waals surface area contributed by atoms with Crippen molar-refractivity contribution in [1.29, 1.82) is 0 Å². The molecule has 0 radical (unpaired) electrons. The van der Waals surface area contributed by atoms with E-state index in [1.54, 1.807) is 0 Å². The number of anilines is 1. The van der Waals surface area contributed by atoms with Gasteiger partial charge in [-0.15, -0.1) is 0 Å². The number of carbonyl (C=O) groups excluding carboxylic acids is 1. The molecule has 0 aromatic carbocycles. The van der Waals surface area contributed by atoms with Crippen molar-refractivity contribution < 1.29 is 9.32 Å². The first kappa shape index (κ1) is 14.7. The molecular weight excluding hydrogens is 230 g/mol. The molecule has 0 aliphatic carbocycles. The van der Waals surface area contributed by atoms with Gasteiger partial charge in [0.05, 0.1) is 0 Å². The van der Waals surface area contributed by atoms with Crippen LogP contribution in [0.2, 0.25) is 0 Å². The molecule has 1 aromatic rings. The maximum Gasteiger partial charge on any atom is 0.224 e. The van der Waals surface area contributed by atoms with Gasteiger partial charge in [0.15, 0.2) is 5.76 Å². The van der Waals surface area contributed by atoms with Gasteiger partial charge >= 0.3 is 0 Å². The Bertz CT molecular complexity index is 374. The van der Waals surface area contributed by atoms with E-state index in [0.717, 1.165) is 50.0 Å². The van der Waals surface area contributed by atoms with Crippen LogP contribution in [-0.4, -0.2) is 17.6 Å². The lowest BCUT2D eigenvalue weighted by Crippen LogP contribution is -2.12. The Morgan fingerprint density at radius 1 is 1.33 bits per heavy atom. The number of unbranched alkanes of at least 4 members (excludes halogenated alkanes) is 3. The number of nitrogens with zero attached hydrogens (tertiary/aromatic N) is 1. The van der Waals surface area contributed by atoms with Gasteiger partial charge in [0.2, 0.25) is 5.91 Å². The van der Waals surface area contributed by atoms with Crippen molar-refractivity contribution in [2.24, 2.45) is 5.73 Å². The van der Waals surface area contributed by atoms with E-state index in [1.807, 2.05) is 13.8 Å². The van der Waals surface area contributed by atoms with Crippen molar-refractivity contribution in [3.8, 4) is 0 Å². The summed E-state index contributed by atoms with van der Waals surface area (Å²) < 4.78 is 5.07. The summed E-state index contributed by atoms with van der Waals surface area (Å²) >= 11 is 0. The summed E-state index contributed by atoms with van der Waals surface area (Å²) in [5, 5.41) is 6.79. The van der Waals surface area contributed by atoms with Crippen molar-refractivity contribution in [2.45, 2.75) is 52.4 Å². The Hall–Kier alpha value is -1.36. The van der Waals surface area contributed by atoms with Crippen LogP contribution >= 0.6 is 0 Å². The first-order valence-electron chi connectivity index (χ1n) is 6.64. The Morgan fingerprint density at radius 3 is 2.72 bits per heavy atom. The molecule has 0 bridgehead atoms. The number of hydrogen-bond donors (Lipinski definition) is 2. The van der Waals surface area contributed by atoms with Gasteiger partial charge in [-0.2, -0.15) is 0 Å². The number of hydrogen-bond acceptors (Lipinski definition) is 4. The van der Waals surface area contributed by atoms with Gasteiger partial charge < -0.3 is 15.6 Å². The summed E-state index contributed by atoms with van der Waals surface area (Å²) in [6.45, 7) is 4.52. The molecule has 0 spiro atoms. The largest absolute Gasteiger partial charge is 0.359 e. The number of nitrogens with one attached hydrogen (secondary N) is 1. The summed E-state index contributed by atoms with van der Waals surface area (Å²) in [5.41, 5.74) is 6.96. The number of carbonyl (C=O) groups is 1. The van der Waals surface area contributed by atoms with Crippen LogP contribution in [0, 0.1) is 6.92 Å². The molecule has 0 fully saturated rings. The molecule has 102 valence electrons. The molecule has 0 aliphatic heterocycles. The van der Waals surface area contributed by atoms with E-state index in [0.29, 0.717) is 12.2 Å². The fourth-order valence-electron chi connectivity index (χ4n) is 1.80. The molecule has 1 amide bonds. The van der Waals surface area contributed by atoms with Crippen LogP contribution in [-0.2, 0) is 11.2 Å². The van der Waals surface area contributed by atoms with Crippen molar-refractivity contribution >= 4 is 11.6 Å². The zero-order valence-electron chi connectivity index (χ0n) is 11.3. The second kappa shape index (κ2) is 7.87. The molecule has 18 heavy (non-hydrogen) atoms. The highest BCUT2D eigenvalue weighted by Crippen LogP contribution is 2.20. The fraction of sp³-hybridized carbons (Fsp3) is 0.692. The Morgan fingerprint density at radius 2 is 2.06 bits per heavy atom. The number of aryl methyl sites for hydroxylation is 2. The molecule has 0 saturated carbocycles. The summed E-state index contributed by atoms with van der Waals surface area (Å²) in [7, 11) is 0. The van der Waals surface area contributed by atoms with Gasteiger partial charge in [-0.1, -0.05) is 24.9 Å². The van der Waals surface area contributed by atoms with Crippen LogP contribution in [0.1, 0.15) is 50.5 Å². The molecule has 0 saturated heterocycles. The van der Waals surface area contributed by atoms with E-state index < -0.39 is 0 Å². The molecule has 5 heteroatoms. The Labute approximate surface area is 108 Å². The predicted molar refractivity (Wildman–Crippen MR) is 71.4 cm³/mol. The molecule has 0 aliphatic rings. The minimum Gasteiger partial charge on any atom is -0.359 e. The van der Waals surface area contributed by atoms with Crippen molar-refractivity contribution in [2.75, 3.05) is 11.9 Å². The quantitative estimate of drug-likeness (QED) is 0.697. The molecule has 1 rings (SSSR count). The minimum atomic E-state index is 0.0312. The lowest BCUT2D eigenvalue weighted by molar-refractivity contribution is -0.116. The Balaban J connectivity index is 2.33. The minimum absolute atomic E-state index is 0.0312. The maximum absolute atomic E-state index is 11.8. The van der Waals surface area contributed by atoms with Gasteiger partial charge in [0.25, 0.3) is 0 Å². The van der Waals surface area contributed by atoms with Crippen molar-refractivity contribution in [1.82, 2.24) is 5.16 Å². The van der Waals surface area contributed by atoms with Gasteiger partial charge in [0, 0.05) is 6.42 Å². The molecule has 0 atom stereocenters. The van der Waals surface area contributed by atoms with Gasteiger partial charge in [0.1, 0.15) is 11.4 Å². The topological polar surface area (TPSA) is 81.2 Å². The molecular formula is C13H23N3O2. The van der Waals surface area contributed by atoms with Crippen LogP contribution in [0.4, 0.5) is 5.69 Å². The van der Waals surface area contributed by atoms with Crippen LogP contribution in [0.3, 0.4) is 0 Å². The first-order chi connectivity index (χ1) is 8.69. The zero-order chi connectivity index (χ0) is 13.4. The summed E-state index contributed by atoms with van der Waals surface area (Å²) in [6, 6.07) is 0. The van der Waals surface area contributed by atoms with Crippen molar-refractivity contribution in [3.63, 3.8) is 0 Å². The maximum atomic E-state index is 11.8. The van der Waals surface area contributed by atoms with Crippen LogP contribution in [0.15, 0.2) is 4.52 Å². The normalized spacial score (nSPS) is 10.6. The summed E-state index contributed by atoms with van der Waals surface area (Å²) in [4.78, 5) is 11.8. The average molecular weight is 253 g/mol. The number of rotatable bonds is 8. The number of aromatic nitrogens is 1. The molecule has 3 N–H and O–H groups in total. The monoisotopic (exact) mass is 253 g/mol. The highest BCUT2D eigenvalue weighted by atomic mass is 16.5. The molecule has 5 nitrogen and oxygen atoms in total. The highest BCUT2D eigenvalue weighted by Gasteiger charge is 2.13. The van der Waals surface area contributed by atoms with Crippen LogP contribution < -0.4 is 11.1 Å². The third kappa shape index (κ3) is 4.49. The van der Waals surface area contributed by atoms with Crippen LogP contribution in [0.25, 0.3) is 0 Å². The van der Waals surface area contributed by atoms with Gasteiger partial charge in [-0.25, -0.2) is 0 Å². The van der Waals surface area contributed by atoms with Gasteiger partial charge in [-0.3, -0.25) is 4.79 Å². The number of nitrogens with two attached hydrogens (primary N) is 1. The lowest BCUT2D eigenvalue weighted by Gasteiger charge is -2.04. The third-order valence-electron chi connectivity index (χ3n) is 2.89. The lowest BCUT2D eigenvalue weighted by atomic mass is 10.1. The van der Waals surface area contributed by atoms with Gasteiger partial charge in [-0.05, 0) is 32.7 Å². The average Bonchev–Trinajstić information content (AvgIpc) is 2.70. The second-order valence-electron chi connectivity index (χ2n) is 4.42. The summed E-state index contributed by atoms with van der Waals surface area (Å²) in [5.74, 6) is 0.701. The predicted octanol–water partition coefficient (Wildman–Crippen LogP) is 2.39. The van der Waals surface area contributed by atoms with E-state index in [1.165, 1.54) is 0 Å². The highest BCUT2D eigenvalue weighted by molar-refractivity contribution is 5.91. The van der Waals surface area contributed by atoms with E-state index in [9.17, 15) is 4.79 Å².